The average Bonchev–Trinajstić information content (AvgIpc) is 2.17. The van der Waals surface area contributed by atoms with Crippen molar-refractivity contribution in [3.63, 3.8) is 0 Å². The first-order valence-corrected chi connectivity index (χ1v) is 7.16. The molecule has 1 rings (SSSR count). The van der Waals surface area contributed by atoms with Crippen LogP contribution >= 0.6 is 0 Å². The molecule has 0 atom stereocenters. The molecule has 2 N–H and O–H groups in total. The highest BCUT2D eigenvalue weighted by Crippen LogP contribution is 2.41. The minimum absolute atomic E-state index is 0.177. The molecule has 0 radical (unpaired) electrons. The standard InChI is InChI=1S/C15H31N/c1-5-6-7-10-15(16)11-8-13(9-12-15)14(2,3)4/h13H,5-12,16H2,1-4H3. The summed E-state index contributed by atoms with van der Waals surface area (Å²) in [5, 5.41) is 0. The van der Waals surface area contributed by atoms with E-state index in [4.69, 9.17) is 5.73 Å². The third-order valence-corrected chi connectivity index (χ3v) is 4.48. The second-order valence-corrected chi connectivity index (χ2v) is 6.96. The summed E-state index contributed by atoms with van der Waals surface area (Å²) in [6.07, 6.45) is 10.4. The first-order chi connectivity index (χ1) is 7.37. The molecule has 0 aromatic rings. The van der Waals surface area contributed by atoms with Crippen molar-refractivity contribution in [1.82, 2.24) is 0 Å². The zero-order valence-electron chi connectivity index (χ0n) is 11.8. The highest BCUT2D eigenvalue weighted by atomic mass is 14.7. The molecule has 0 aliphatic heterocycles. The van der Waals surface area contributed by atoms with Crippen LogP contribution < -0.4 is 5.73 Å². The van der Waals surface area contributed by atoms with Crippen LogP contribution in [-0.2, 0) is 0 Å². The van der Waals surface area contributed by atoms with Crippen LogP contribution in [0.25, 0.3) is 0 Å². The van der Waals surface area contributed by atoms with Crippen molar-refractivity contribution in [2.24, 2.45) is 17.1 Å². The summed E-state index contributed by atoms with van der Waals surface area (Å²) in [6.45, 7) is 9.38. The van der Waals surface area contributed by atoms with Gasteiger partial charge in [0.15, 0.2) is 0 Å². The van der Waals surface area contributed by atoms with Crippen LogP contribution in [0.4, 0.5) is 0 Å². The Labute approximate surface area is 102 Å². The van der Waals surface area contributed by atoms with Crippen molar-refractivity contribution in [2.75, 3.05) is 0 Å². The van der Waals surface area contributed by atoms with E-state index < -0.39 is 0 Å². The fourth-order valence-electron chi connectivity index (χ4n) is 3.04. The van der Waals surface area contributed by atoms with Crippen LogP contribution in [0, 0.1) is 11.3 Å². The topological polar surface area (TPSA) is 26.0 Å². The van der Waals surface area contributed by atoms with Gasteiger partial charge < -0.3 is 5.73 Å². The average molecular weight is 225 g/mol. The monoisotopic (exact) mass is 225 g/mol. The van der Waals surface area contributed by atoms with Gasteiger partial charge in [0.1, 0.15) is 0 Å². The summed E-state index contributed by atoms with van der Waals surface area (Å²) in [4.78, 5) is 0. The Morgan fingerprint density at radius 2 is 1.69 bits per heavy atom. The van der Waals surface area contributed by atoms with Crippen LogP contribution in [0.1, 0.15) is 79.1 Å². The summed E-state index contributed by atoms with van der Waals surface area (Å²) in [5.74, 6) is 0.885. The lowest BCUT2D eigenvalue weighted by molar-refractivity contribution is 0.128. The fraction of sp³-hybridized carbons (Fsp3) is 1.00. The Morgan fingerprint density at radius 3 is 2.12 bits per heavy atom. The van der Waals surface area contributed by atoms with E-state index in [2.05, 4.69) is 27.7 Å². The third kappa shape index (κ3) is 4.08. The number of hydrogen-bond donors (Lipinski definition) is 1. The highest BCUT2D eigenvalue weighted by molar-refractivity contribution is 4.92. The van der Waals surface area contributed by atoms with Gasteiger partial charge in [-0.05, 0) is 43.4 Å². The normalized spacial score (nSPS) is 31.7. The Balaban J connectivity index is 2.35. The van der Waals surface area contributed by atoms with E-state index in [1.54, 1.807) is 0 Å². The molecule has 96 valence electrons. The summed E-state index contributed by atoms with van der Waals surface area (Å²) < 4.78 is 0. The molecule has 0 spiro atoms. The lowest BCUT2D eigenvalue weighted by atomic mass is 9.66. The van der Waals surface area contributed by atoms with Crippen molar-refractivity contribution in [3.8, 4) is 0 Å². The zero-order valence-corrected chi connectivity index (χ0v) is 11.8. The molecule has 0 bridgehead atoms. The molecule has 1 heteroatoms. The Kier molecular flexibility index (Phi) is 4.85. The smallest absolute Gasteiger partial charge is 0.0154 e. The lowest BCUT2D eigenvalue weighted by Gasteiger charge is -2.42. The van der Waals surface area contributed by atoms with Crippen LogP contribution in [-0.4, -0.2) is 5.54 Å². The molecular weight excluding hydrogens is 194 g/mol. The Morgan fingerprint density at radius 1 is 1.12 bits per heavy atom. The van der Waals surface area contributed by atoms with Gasteiger partial charge in [-0.15, -0.1) is 0 Å². The van der Waals surface area contributed by atoms with Crippen LogP contribution in [0.5, 0.6) is 0 Å². The summed E-state index contributed by atoms with van der Waals surface area (Å²) in [6, 6.07) is 0. The number of nitrogens with two attached hydrogens (primary N) is 1. The Hall–Kier alpha value is -0.0400. The second kappa shape index (κ2) is 5.53. The number of hydrogen-bond acceptors (Lipinski definition) is 1. The molecule has 16 heavy (non-hydrogen) atoms. The van der Waals surface area contributed by atoms with Gasteiger partial charge in [-0.25, -0.2) is 0 Å². The zero-order chi connectivity index (χ0) is 12.2. The summed E-state index contributed by atoms with van der Waals surface area (Å²) in [7, 11) is 0. The molecule has 0 aromatic heterocycles. The maximum atomic E-state index is 6.51. The molecule has 0 saturated heterocycles. The molecule has 0 heterocycles. The Bertz CT molecular complexity index is 194. The summed E-state index contributed by atoms with van der Waals surface area (Å²) in [5.41, 5.74) is 7.16. The molecule has 1 saturated carbocycles. The SMILES string of the molecule is CCCCCC1(N)CCC(C(C)(C)C)CC1. The van der Waals surface area contributed by atoms with E-state index in [9.17, 15) is 0 Å². The van der Waals surface area contributed by atoms with E-state index in [0.29, 0.717) is 5.41 Å². The van der Waals surface area contributed by atoms with Gasteiger partial charge in [-0.1, -0.05) is 47.0 Å². The molecule has 0 unspecified atom stereocenters. The predicted octanol–water partition coefficient (Wildman–Crippen LogP) is 4.50. The van der Waals surface area contributed by atoms with E-state index >= 15 is 0 Å². The maximum Gasteiger partial charge on any atom is 0.0154 e. The van der Waals surface area contributed by atoms with Gasteiger partial charge in [-0.3, -0.25) is 0 Å². The predicted molar refractivity (Wildman–Crippen MR) is 72.5 cm³/mol. The summed E-state index contributed by atoms with van der Waals surface area (Å²) >= 11 is 0. The van der Waals surface area contributed by atoms with Crippen LogP contribution in [0.3, 0.4) is 0 Å². The molecule has 1 aliphatic rings. The quantitative estimate of drug-likeness (QED) is 0.700. The van der Waals surface area contributed by atoms with Crippen molar-refractivity contribution in [2.45, 2.75) is 84.6 Å². The molecule has 1 aliphatic carbocycles. The maximum absolute atomic E-state index is 6.51. The van der Waals surface area contributed by atoms with Gasteiger partial charge in [-0.2, -0.15) is 0 Å². The number of rotatable bonds is 4. The van der Waals surface area contributed by atoms with Gasteiger partial charge in [0.25, 0.3) is 0 Å². The van der Waals surface area contributed by atoms with E-state index in [1.165, 1.54) is 51.4 Å². The van der Waals surface area contributed by atoms with Gasteiger partial charge in [0, 0.05) is 5.54 Å². The first-order valence-electron chi connectivity index (χ1n) is 7.16. The van der Waals surface area contributed by atoms with Crippen LogP contribution in [0.15, 0.2) is 0 Å². The third-order valence-electron chi connectivity index (χ3n) is 4.48. The van der Waals surface area contributed by atoms with Crippen LogP contribution in [0.2, 0.25) is 0 Å². The van der Waals surface area contributed by atoms with Crippen molar-refractivity contribution < 1.29 is 0 Å². The van der Waals surface area contributed by atoms with Crippen molar-refractivity contribution in [1.29, 1.82) is 0 Å². The molecule has 0 amide bonds. The molecular formula is C15H31N. The van der Waals surface area contributed by atoms with Crippen molar-refractivity contribution >= 4 is 0 Å². The highest BCUT2D eigenvalue weighted by Gasteiger charge is 2.35. The van der Waals surface area contributed by atoms with E-state index in [-0.39, 0.29) is 5.54 Å². The van der Waals surface area contributed by atoms with Crippen molar-refractivity contribution in [3.05, 3.63) is 0 Å². The minimum Gasteiger partial charge on any atom is -0.325 e. The fourth-order valence-corrected chi connectivity index (χ4v) is 3.04. The van der Waals surface area contributed by atoms with Gasteiger partial charge in [0.05, 0.1) is 0 Å². The van der Waals surface area contributed by atoms with E-state index in [0.717, 1.165) is 5.92 Å². The largest absolute Gasteiger partial charge is 0.325 e. The first kappa shape index (κ1) is 14.0. The van der Waals surface area contributed by atoms with Gasteiger partial charge in [0.2, 0.25) is 0 Å². The second-order valence-electron chi connectivity index (χ2n) is 6.96. The molecule has 1 fully saturated rings. The van der Waals surface area contributed by atoms with Gasteiger partial charge >= 0.3 is 0 Å². The number of unbranched alkanes of at least 4 members (excludes halogenated alkanes) is 2. The lowest BCUT2D eigenvalue weighted by Crippen LogP contribution is -2.44. The molecule has 0 aromatic carbocycles. The molecule has 1 nitrogen and oxygen atoms in total. The van der Waals surface area contributed by atoms with E-state index in [1.807, 2.05) is 0 Å². The minimum atomic E-state index is 0.177.